The molecule has 2 amide bonds. The first-order valence-corrected chi connectivity index (χ1v) is 11.1. The van der Waals surface area contributed by atoms with E-state index in [2.05, 4.69) is 5.32 Å². The molecule has 1 aliphatic heterocycles. The smallest absolute Gasteiger partial charge is 0.305 e. The van der Waals surface area contributed by atoms with E-state index in [4.69, 9.17) is 5.11 Å². The second kappa shape index (κ2) is 7.34. The fraction of sp³-hybridized carbons (Fsp3) is 0.864. The van der Waals surface area contributed by atoms with Crippen molar-refractivity contribution in [3.8, 4) is 0 Å². The van der Waals surface area contributed by atoms with Crippen molar-refractivity contribution in [1.82, 2.24) is 10.2 Å². The van der Waals surface area contributed by atoms with E-state index in [0.29, 0.717) is 24.3 Å². The predicted octanol–water partition coefficient (Wildman–Crippen LogP) is 2.81. The number of carboxylic acid groups (broad SMARTS) is 1. The molecule has 5 rings (SSSR count). The molecule has 0 aromatic heterocycles. The zero-order valence-corrected chi connectivity index (χ0v) is 17.2. The topological polar surface area (TPSA) is 86.7 Å². The second-order valence-corrected chi connectivity index (χ2v) is 10.3. The lowest BCUT2D eigenvalue weighted by Gasteiger charge is -2.56. The first-order chi connectivity index (χ1) is 13.3. The third kappa shape index (κ3) is 3.55. The summed E-state index contributed by atoms with van der Waals surface area (Å²) in [5, 5.41) is 12.3. The average Bonchev–Trinajstić information content (AvgIpc) is 3.04. The molecule has 1 saturated heterocycles. The van der Waals surface area contributed by atoms with Gasteiger partial charge in [-0.1, -0.05) is 13.8 Å². The molecular weight excluding hydrogens is 356 g/mol. The Labute approximate surface area is 167 Å². The number of hydrogen-bond acceptors (Lipinski definition) is 3. The fourth-order valence-electron chi connectivity index (χ4n) is 6.91. The van der Waals surface area contributed by atoms with Gasteiger partial charge in [-0.05, 0) is 75.0 Å². The van der Waals surface area contributed by atoms with Crippen molar-refractivity contribution >= 4 is 17.8 Å². The van der Waals surface area contributed by atoms with Gasteiger partial charge in [0, 0.05) is 18.0 Å². The van der Waals surface area contributed by atoms with Crippen molar-refractivity contribution in [3.05, 3.63) is 0 Å². The van der Waals surface area contributed by atoms with Crippen LogP contribution in [0.4, 0.5) is 0 Å². The summed E-state index contributed by atoms with van der Waals surface area (Å²) < 4.78 is 0. The van der Waals surface area contributed by atoms with Crippen molar-refractivity contribution in [2.24, 2.45) is 29.1 Å². The summed E-state index contributed by atoms with van der Waals surface area (Å²) in [5.41, 5.74) is -0.270. The molecule has 1 heterocycles. The van der Waals surface area contributed by atoms with Gasteiger partial charge in [-0.25, -0.2) is 0 Å². The zero-order chi connectivity index (χ0) is 20.1. The summed E-state index contributed by atoms with van der Waals surface area (Å²) in [6.07, 6.45) is 8.33. The number of carbonyl (C=O) groups excluding carboxylic acids is 2. The van der Waals surface area contributed by atoms with Crippen LogP contribution in [-0.4, -0.2) is 46.4 Å². The van der Waals surface area contributed by atoms with Crippen molar-refractivity contribution < 1.29 is 19.5 Å². The van der Waals surface area contributed by atoms with E-state index in [1.165, 1.54) is 19.3 Å². The van der Waals surface area contributed by atoms with Gasteiger partial charge < -0.3 is 15.3 Å². The largest absolute Gasteiger partial charge is 0.481 e. The van der Waals surface area contributed by atoms with Gasteiger partial charge in [0.2, 0.25) is 11.8 Å². The lowest BCUT2D eigenvalue weighted by atomic mass is 9.49. The molecule has 5 fully saturated rings. The molecule has 2 N–H and O–H groups in total. The first kappa shape index (κ1) is 19.7. The minimum atomic E-state index is -0.872. The van der Waals surface area contributed by atoms with E-state index in [1.54, 1.807) is 4.90 Å². The molecule has 5 aliphatic rings. The van der Waals surface area contributed by atoms with Crippen LogP contribution in [0.1, 0.15) is 71.6 Å². The minimum Gasteiger partial charge on any atom is -0.481 e. The lowest BCUT2D eigenvalue weighted by Crippen LogP contribution is -2.59. The number of hydrogen-bond donors (Lipinski definition) is 2. The highest BCUT2D eigenvalue weighted by molar-refractivity contribution is 5.91. The summed E-state index contributed by atoms with van der Waals surface area (Å²) in [4.78, 5) is 39.5. The highest BCUT2D eigenvalue weighted by Gasteiger charge is 2.55. The van der Waals surface area contributed by atoms with Crippen molar-refractivity contribution in [2.45, 2.75) is 83.7 Å². The van der Waals surface area contributed by atoms with Crippen LogP contribution in [0, 0.1) is 29.1 Å². The minimum absolute atomic E-state index is 0.0144. The van der Waals surface area contributed by atoms with E-state index < -0.39 is 12.0 Å². The number of carboxylic acids is 1. The van der Waals surface area contributed by atoms with Crippen molar-refractivity contribution in [2.75, 3.05) is 6.54 Å². The lowest BCUT2D eigenvalue weighted by molar-refractivity contribution is -0.151. The summed E-state index contributed by atoms with van der Waals surface area (Å²) in [7, 11) is 0. The quantitative estimate of drug-likeness (QED) is 0.730. The van der Waals surface area contributed by atoms with Crippen molar-refractivity contribution in [3.63, 3.8) is 0 Å². The van der Waals surface area contributed by atoms with Crippen LogP contribution in [0.15, 0.2) is 0 Å². The normalized spacial score (nSPS) is 37.3. The van der Waals surface area contributed by atoms with Gasteiger partial charge in [-0.2, -0.15) is 0 Å². The third-order valence-corrected chi connectivity index (χ3v) is 7.81. The fourth-order valence-corrected chi connectivity index (χ4v) is 6.91. The summed E-state index contributed by atoms with van der Waals surface area (Å²) in [6, 6.07) is -0.808. The molecule has 6 nitrogen and oxygen atoms in total. The molecule has 0 aromatic rings. The molecule has 4 saturated carbocycles. The molecule has 0 spiro atoms. The van der Waals surface area contributed by atoms with Crippen LogP contribution in [0.5, 0.6) is 0 Å². The van der Waals surface area contributed by atoms with Crippen LogP contribution in [-0.2, 0) is 14.4 Å². The van der Waals surface area contributed by atoms with Gasteiger partial charge in [0.25, 0.3) is 0 Å². The first-order valence-electron chi connectivity index (χ1n) is 11.1. The molecule has 2 atom stereocenters. The molecule has 4 aliphatic carbocycles. The Morgan fingerprint density at radius 3 is 2.14 bits per heavy atom. The van der Waals surface area contributed by atoms with Crippen molar-refractivity contribution in [1.29, 1.82) is 0 Å². The number of aliphatic carboxylic acids is 1. The highest BCUT2D eigenvalue weighted by atomic mass is 16.4. The number of carbonyl (C=O) groups is 3. The Kier molecular flexibility index (Phi) is 5.17. The molecule has 156 valence electrons. The monoisotopic (exact) mass is 390 g/mol. The number of likely N-dealkylation sites (tertiary alicyclic amines) is 1. The molecule has 28 heavy (non-hydrogen) atoms. The Morgan fingerprint density at radius 2 is 1.64 bits per heavy atom. The SMILES string of the molecule is CC(C)C(NC(=O)C12CC3CC(CC(C3)C1)C2)C(=O)N1CCCC1CC(=O)O. The van der Waals surface area contributed by atoms with E-state index in [1.807, 2.05) is 13.8 Å². The van der Waals surface area contributed by atoms with E-state index in [-0.39, 0.29) is 35.6 Å². The predicted molar refractivity (Wildman–Crippen MR) is 104 cm³/mol. The summed E-state index contributed by atoms with van der Waals surface area (Å²) >= 11 is 0. The molecule has 6 heteroatoms. The van der Waals surface area contributed by atoms with E-state index >= 15 is 0 Å². The Balaban J connectivity index is 1.47. The molecule has 2 unspecified atom stereocenters. The summed E-state index contributed by atoms with van der Waals surface area (Å²) in [5.74, 6) is 1.14. The average molecular weight is 391 g/mol. The molecule has 4 bridgehead atoms. The Bertz CT molecular complexity index is 624. The standard InChI is InChI=1S/C22H34N2O4/c1-13(2)19(20(27)24-5-3-4-17(24)9-18(25)26)23-21(28)22-10-14-6-15(11-22)8-16(7-14)12-22/h13-17,19H,3-12H2,1-2H3,(H,23,28)(H,25,26). The van der Waals surface area contributed by atoms with Gasteiger partial charge in [-0.15, -0.1) is 0 Å². The van der Waals surface area contributed by atoms with Gasteiger partial charge in [0.15, 0.2) is 0 Å². The number of nitrogens with zero attached hydrogens (tertiary/aromatic N) is 1. The maximum atomic E-state index is 13.4. The highest BCUT2D eigenvalue weighted by Crippen LogP contribution is 2.60. The van der Waals surface area contributed by atoms with E-state index in [9.17, 15) is 14.4 Å². The van der Waals surface area contributed by atoms with E-state index in [0.717, 1.165) is 32.1 Å². The van der Waals surface area contributed by atoms with Crippen LogP contribution in [0.3, 0.4) is 0 Å². The van der Waals surface area contributed by atoms with Crippen LogP contribution in [0.25, 0.3) is 0 Å². The van der Waals surface area contributed by atoms with Gasteiger partial charge in [0.1, 0.15) is 6.04 Å². The van der Waals surface area contributed by atoms with Crippen LogP contribution in [0.2, 0.25) is 0 Å². The van der Waals surface area contributed by atoms with Gasteiger partial charge in [-0.3, -0.25) is 14.4 Å². The maximum Gasteiger partial charge on any atom is 0.305 e. The molecule has 0 radical (unpaired) electrons. The molecule has 0 aromatic carbocycles. The van der Waals surface area contributed by atoms with Gasteiger partial charge in [0.05, 0.1) is 6.42 Å². The maximum absolute atomic E-state index is 13.4. The summed E-state index contributed by atoms with van der Waals surface area (Å²) in [6.45, 7) is 4.52. The second-order valence-electron chi connectivity index (χ2n) is 10.3. The number of amides is 2. The Morgan fingerprint density at radius 1 is 1.07 bits per heavy atom. The zero-order valence-electron chi connectivity index (χ0n) is 17.2. The van der Waals surface area contributed by atoms with Crippen LogP contribution < -0.4 is 5.32 Å². The van der Waals surface area contributed by atoms with Gasteiger partial charge >= 0.3 is 5.97 Å². The molecular formula is C22H34N2O4. The third-order valence-electron chi connectivity index (χ3n) is 7.81. The van der Waals surface area contributed by atoms with Crippen LogP contribution >= 0.6 is 0 Å². The number of rotatable bonds is 6. The Hall–Kier alpha value is -1.59. The number of nitrogens with one attached hydrogen (secondary N) is 1.